The number of hydrogen-bond acceptors (Lipinski definition) is 3. The van der Waals surface area contributed by atoms with Crippen molar-refractivity contribution in [2.24, 2.45) is 5.73 Å². The van der Waals surface area contributed by atoms with Crippen LogP contribution in [0.4, 0.5) is 0 Å². The van der Waals surface area contributed by atoms with Crippen LogP contribution in [0.1, 0.15) is 0 Å². The summed E-state index contributed by atoms with van der Waals surface area (Å²) < 4.78 is 0. The third-order valence-corrected chi connectivity index (χ3v) is 2.15. The van der Waals surface area contributed by atoms with Gasteiger partial charge in [-0.15, -0.1) is 0 Å². The van der Waals surface area contributed by atoms with Crippen LogP contribution in [0.5, 0.6) is 0 Å². The molecule has 1 rings (SSSR count). The molecule has 5 heteroatoms. The molecule has 2 N–H and O–H groups in total. The Bertz CT molecular complexity index is 205. The van der Waals surface area contributed by atoms with Gasteiger partial charge in [-0.3, -0.25) is 9.69 Å². The van der Waals surface area contributed by atoms with Crippen LogP contribution in [-0.4, -0.2) is 37.2 Å². The second-order valence-electron chi connectivity index (χ2n) is 3.15. The van der Waals surface area contributed by atoms with E-state index in [4.69, 9.17) is 11.0 Å². The Labute approximate surface area is 72.4 Å². The minimum Gasteiger partial charge on any atom is -0.369 e. The van der Waals surface area contributed by atoms with E-state index in [2.05, 4.69) is 5.97 Å². The van der Waals surface area contributed by atoms with E-state index in [-0.39, 0.29) is 12.6 Å². The average Bonchev–Trinajstić information content (AvgIpc) is 2.05. The zero-order valence-electron chi connectivity index (χ0n) is 6.99. The molecule has 0 aromatic heterocycles. The van der Waals surface area contributed by atoms with Gasteiger partial charge >= 0.3 is 0 Å². The van der Waals surface area contributed by atoms with Crippen molar-refractivity contribution >= 4 is 12.6 Å². The molecule has 0 aromatic rings. The number of carbonyl (C=O) groups is 1. The lowest BCUT2D eigenvalue weighted by atomic mass is 9.45. The number of nitriles is 1. The van der Waals surface area contributed by atoms with Crippen molar-refractivity contribution in [3.05, 3.63) is 0 Å². The van der Waals surface area contributed by atoms with Crippen LogP contribution < -0.4 is 5.73 Å². The molecule has 0 spiro atoms. The Morgan fingerprint density at radius 3 is 2.58 bits per heavy atom. The van der Waals surface area contributed by atoms with Gasteiger partial charge in [-0.2, -0.15) is 0 Å². The summed E-state index contributed by atoms with van der Waals surface area (Å²) in [4.78, 5) is 12.5. The lowest BCUT2D eigenvalue weighted by Crippen LogP contribution is -2.41. The van der Waals surface area contributed by atoms with Gasteiger partial charge in [0, 0.05) is 5.97 Å². The lowest BCUT2D eigenvalue weighted by Gasteiger charge is -2.26. The van der Waals surface area contributed by atoms with Gasteiger partial charge in [-0.25, -0.2) is 5.26 Å². The van der Waals surface area contributed by atoms with Gasteiger partial charge in [-0.1, -0.05) is 0 Å². The number of rotatable bonds is 2. The number of primary amides is 1. The summed E-state index contributed by atoms with van der Waals surface area (Å²) in [7, 11) is 0. The summed E-state index contributed by atoms with van der Waals surface area (Å²) in [5, 5.41) is 8.60. The Kier molecular flexibility index (Phi) is 3.12. The quantitative estimate of drug-likeness (QED) is 0.552. The fourth-order valence-corrected chi connectivity index (χ4v) is 1.44. The van der Waals surface area contributed by atoms with Crippen molar-refractivity contribution in [3.63, 3.8) is 0 Å². The summed E-state index contributed by atoms with van der Waals surface area (Å²) in [6.07, 6.45) is 1.73. The molecule has 1 heterocycles. The van der Waals surface area contributed by atoms with Crippen LogP contribution in [0, 0.1) is 11.2 Å². The predicted molar refractivity (Wildman–Crippen MR) is 46.6 cm³/mol. The molecule has 0 radical (unpaired) electrons. The fourth-order valence-electron chi connectivity index (χ4n) is 1.44. The average molecular weight is 165 g/mol. The Hall–Kier alpha value is -1.02. The maximum Gasteiger partial charge on any atom is 0.270 e. The van der Waals surface area contributed by atoms with E-state index < -0.39 is 0 Å². The molecule has 64 valence electrons. The highest BCUT2D eigenvalue weighted by molar-refractivity contribution is 6.67. The largest absolute Gasteiger partial charge is 0.369 e. The van der Waals surface area contributed by atoms with Crippen molar-refractivity contribution in [2.75, 3.05) is 19.6 Å². The Balaban J connectivity index is 2.27. The maximum atomic E-state index is 10.5. The van der Waals surface area contributed by atoms with Crippen LogP contribution in [0.2, 0.25) is 12.6 Å². The SMILES string of the molecule is N#CB1CCN(CC(N)=O)CC1. The van der Waals surface area contributed by atoms with E-state index in [1.54, 1.807) is 0 Å². The predicted octanol–water partition coefficient (Wildman–Crippen LogP) is -0.655. The number of amides is 1. The molecule has 0 atom stereocenters. The van der Waals surface area contributed by atoms with Gasteiger partial charge in [-0.05, 0) is 25.7 Å². The number of carbonyl (C=O) groups excluding carboxylic acids is 1. The minimum absolute atomic E-state index is 0.175. The van der Waals surface area contributed by atoms with Crippen molar-refractivity contribution in [2.45, 2.75) is 12.6 Å². The van der Waals surface area contributed by atoms with E-state index in [0.717, 1.165) is 25.7 Å². The van der Waals surface area contributed by atoms with Crippen molar-refractivity contribution < 1.29 is 4.79 Å². The second-order valence-corrected chi connectivity index (χ2v) is 3.15. The topological polar surface area (TPSA) is 70.1 Å². The number of hydrogen-bond donors (Lipinski definition) is 1. The molecule has 0 aliphatic carbocycles. The molecule has 0 saturated carbocycles. The van der Waals surface area contributed by atoms with Crippen molar-refractivity contribution in [1.29, 1.82) is 5.26 Å². The summed E-state index contributed by atoms with van der Waals surface area (Å²) >= 11 is 0. The third kappa shape index (κ3) is 2.55. The standard InChI is InChI=1S/C7H12BN3O/c9-6-8-1-3-11(4-2-8)5-7(10)12/h1-5H2,(H2,10,12). The molecule has 1 fully saturated rings. The molecule has 12 heavy (non-hydrogen) atoms. The summed E-state index contributed by atoms with van der Waals surface area (Å²) in [5.74, 6) is 1.95. The molecular formula is C7H12BN3O. The van der Waals surface area contributed by atoms with Gasteiger partial charge in [0.2, 0.25) is 5.91 Å². The van der Waals surface area contributed by atoms with Crippen LogP contribution in [-0.2, 0) is 4.79 Å². The van der Waals surface area contributed by atoms with E-state index in [0.29, 0.717) is 6.54 Å². The molecule has 1 aliphatic rings. The molecule has 0 unspecified atom stereocenters. The van der Waals surface area contributed by atoms with Crippen molar-refractivity contribution in [1.82, 2.24) is 4.90 Å². The highest BCUT2D eigenvalue weighted by Crippen LogP contribution is 2.09. The summed E-state index contributed by atoms with van der Waals surface area (Å²) in [5.41, 5.74) is 5.04. The van der Waals surface area contributed by atoms with Gasteiger partial charge in [0.1, 0.15) is 0 Å². The second kappa shape index (κ2) is 4.12. The van der Waals surface area contributed by atoms with E-state index >= 15 is 0 Å². The van der Waals surface area contributed by atoms with E-state index in [9.17, 15) is 4.79 Å². The molecule has 1 amide bonds. The lowest BCUT2D eigenvalue weighted by molar-refractivity contribution is -0.119. The zero-order chi connectivity index (χ0) is 8.97. The van der Waals surface area contributed by atoms with E-state index in [1.807, 2.05) is 4.90 Å². The molecule has 0 bridgehead atoms. The first-order chi connectivity index (χ1) is 5.72. The molecule has 1 saturated heterocycles. The molecule has 4 nitrogen and oxygen atoms in total. The first-order valence-electron chi connectivity index (χ1n) is 4.12. The zero-order valence-corrected chi connectivity index (χ0v) is 6.99. The first kappa shape index (κ1) is 9.08. The highest BCUT2D eigenvalue weighted by atomic mass is 16.1. The first-order valence-corrected chi connectivity index (χ1v) is 4.12. The molecular weight excluding hydrogens is 153 g/mol. The maximum absolute atomic E-state index is 10.5. The van der Waals surface area contributed by atoms with Crippen LogP contribution >= 0.6 is 0 Å². The summed E-state index contributed by atoms with van der Waals surface area (Å²) in [6.45, 7) is 2.15. The number of nitrogens with zero attached hydrogens (tertiary/aromatic N) is 2. The molecule has 0 aromatic carbocycles. The van der Waals surface area contributed by atoms with Gasteiger partial charge in [0.25, 0.3) is 6.71 Å². The van der Waals surface area contributed by atoms with Gasteiger partial charge in [0.05, 0.1) is 6.54 Å². The van der Waals surface area contributed by atoms with Gasteiger partial charge in [0.15, 0.2) is 0 Å². The van der Waals surface area contributed by atoms with E-state index in [1.165, 1.54) is 0 Å². The monoisotopic (exact) mass is 165 g/mol. The van der Waals surface area contributed by atoms with Crippen molar-refractivity contribution in [3.8, 4) is 5.97 Å². The number of nitrogens with two attached hydrogens (primary N) is 1. The Morgan fingerprint density at radius 2 is 2.17 bits per heavy atom. The Morgan fingerprint density at radius 1 is 1.58 bits per heavy atom. The molecule has 1 aliphatic heterocycles. The fraction of sp³-hybridized carbons (Fsp3) is 0.714. The smallest absolute Gasteiger partial charge is 0.270 e. The van der Waals surface area contributed by atoms with Gasteiger partial charge < -0.3 is 5.73 Å². The third-order valence-electron chi connectivity index (χ3n) is 2.15. The van der Waals surface area contributed by atoms with Crippen LogP contribution in [0.25, 0.3) is 0 Å². The summed E-state index contributed by atoms with van der Waals surface area (Å²) in [6, 6.07) is 0. The van der Waals surface area contributed by atoms with Crippen LogP contribution in [0.3, 0.4) is 0 Å². The van der Waals surface area contributed by atoms with Crippen LogP contribution in [0.15, 0.2) is 0 Å². The highest BCUT2D eigenvalue weighted by Gasteiger charge is 2.22. The minimum atomic E-state index is -0.287. The normalized spacial score (nSPS) is 18.8.